The Labute approximate surface area is 191 Å². The molecule has 11 heteroatoms. The summed E-state index contributed by atoms with van der Waals surface area (Å²) in [6.07, 6.45) is 1.82. The third-order valence-corrected chi connectivity index (χ3v) is 2.61. The van der Waals surface area contributed by atoms with Crippen molar-refractivity contribution < 1.29 is 70.9 Å². The van der Waals surface area contributed by atoms with Crippen LogP contribution in [0.2, 0.25) is 0 Å². The number of aliphatic hydroxyl groups is 1. The Morgan fingerprint density at radius 2 is 0.700 bits per heavy atom. The maximum absolute atomic E-state index is 10.4. The van der Waals surface area contributed by atoms with Gasteiger partial charge in [-0.1, -0.05) is 20.8 Å². The molecule has 0 aromatic rings. The molecule has 0 bridgehead atoms. The van der Waals surface area contributed by atoms with Crippen LogP contribution in [0.3, 0.4) is 0 Å². The maximum Gasteiger partial charge on any atom is 3.00 e. The van der Waals surface area contributed by atoms with E-state index in [0.717, 1.165) is 7.11 Å². The van der Waals surface area contributed by atoms with Gasteiger partial charge >= 0.3 is 21.7 Å². The van der Waals surface area contributed by atoms with Gasteiger partial charge < -0.3 is 34.8 Å². The van der Waals surface area contributed by atoms with Crippen LogP contribution in [0.4, 0.5) is 0 Å². The summed E-state index contributed by atoms with van der Waals surface area (Å²) in [5.74, 6) is -4.61. The zero-order chi connectivity index (χ0) is 23.8. The Bertz CT molecular complexity index is 432. The number of aliphatic hydroxyl groups excluding tert-OH is 1. The minimum Gasteiger partial charge on any atom is -0.550 e. The first-order valence-electron chi connectivity index (χ1n) is 9.09. The summed E-state index contributed by atoms with van der Waals surface area (Å²) in [4.78, 5) is 60.6. The fraction of sp³-hybridized carbons (Fsp3) is 0.684. The van der Waals surface area contributed by atoms with Gasteiger partial charge in [-0.2, -0.15) is 0 Å². The van der Waals surface area contributed by atoms with Gasteiger partial charge in [0, 0.05) is 63.5 Å². The van der Waals surface area contributed by atoms with Crippen LogP contribution in [0.25, 0.3) is 0 Å². The molecule has 0 heterocycles. The first-order chi connectivity index (χ1) is 13.5. The predicted octanol–water partition coefficient (Wildman–Crippen LogP) is -1.91. The predicted molar refractivity (Wildman–Crippen MR) is 96.8 cm³/mol. The van der Waals surface area contributed by atoms with Crippen LogP contribution in [-0.4, -0.2) is 47.5 Å². The number of carboxylic acid groups (broad SMARTS) is 3. The van der Waals surface area contributed by atoms with Gasteiger partial charge in [-0.3, -0.25) is 14.4 Å². The minimum absolute atomic E-state index is 0. The number of ketones is 3. The van der Waals surface area contributed by atoms with Crippen molar-refractivity contribution in [3.05, 3.63) is 0 Å². The van der Waals surface area contributed by atoms with Gasteiger partial charge in [0.1, 0.15) is 17.3 Å². The molecule has 1 N–H and O–H groups in total. The van der Waals surface area contributed by atoms with E-state index in [2.05, 4.69) is 0 Å². The van der Waals surface area contributed by atoms with Gasteiger partial charge in [0.05, 0.1) is 0 Å². The molecule has 171 valence electrons. The van der Waals surface area contributed by atoms with E-state index in [-0.39, 0.29) is 39.1 Å². The Hall–Kier alpha value is -1.91. The van der Waals surface area contributed by atoms with Gasteiger partial charge in [0.15, 0.2) is 0 Å². The van der Waals surface area contributed by atoms with Crippen LogP contribution in [-0.2, 0) is 50.5 Å². The summed E-state index contributed by atoms with van der Waals surface area (Å²) in [6, 6.07) is 0. The molecule has 0 saturated heterocycles. The molecule has 0 aromatic heterocycles. The molecule has 30 heavy (non-hydrogen) atoms. The Morgan fingerprint density at radius 3 is 0.800 bits per heavy atom. The molecular weight excluding hydrogens is 436 g/mol. The Kier molecular flexibility index (Phi) is 37.8. The van der Waals surface area contributed by atoms with Crippen LogP contribution < -0.4 is 15.3 Å². The van der Waals surface area contributed by atoms with Gasteiger partial charge in [0.2, 0.25) is 0 Å². The quantitative estimate of drug-likeness (QED) is 0.250. The summed E-state index contributed by atoms with van der Waals surface area (Å²) in [6.45, 7) is 5.48. The van der Waals surface area contributed by atoms with Crippen LogP contribution in [0.1, 0.15) is 78.6 Å². The molecule has 0 aliphatic carbocycles. The number of carbonyl (C=O) groups excluding carboxylic acids is 6. The number of hydrogen-bond acceptors (Lipinski definition) is 10. The van der Waals surface area contributed by atoms with Gasteiger partial charge in [0.25, 0.3) is 0 Å². The van der Waals surface area contributed by atoms with Crippen molar-refractivity contribution in [3.63, 3.8) is 0 Å². The molecule has 0 spiro atoms. The molecule has 0 aliphatic heterocycles. The van der Waals surface area contributed by atoms with Gasteiger partial charge in [-0.15, -0.1) is 0 Å². The Morgan fingerprint density at radius 1 is 0.533 bits per heavy atom. The normalized spacial score (nSPS) is 8.30. The van der Waals surface area contributed by atoms with E-state index in [4.69, 9.17) is 5.11 Å². The topological polar surface area (TPSA) is 192 Å². The summed E-state index contributed by atoms with van der Waals surface area (Å²) >= 11 is 0. The second-order valence-corrected chi connectivity index (χ2v) is 5.51. The summed E-state index contributed by atoms with van der Waals surface area (Å²) in [5.41, 5.74) is 0. The number of rotatable bonds is 12. The number of carboxylic acids is 3. The number of aliphatic carboxylic acids is 3. The second-order valence-electron chi connectivity index (χ2n) is 5.51. The van der Waals surface area contributed by atoms with Crippen molar-refractivity contribution in [2.75, 3.05) is 7.11 Å². The SMILES string of the molecule is CCCC(=O)CC(=O)[O-].CCCC(=O)CC(=O)[O-].CCCC(=O)CC(=O)[O-].CO.[Ti+3]. The average Bonchev–Trinajstić information content (AvgIpc) is 2.56. The maximum atomic E-state index is 10.4. The fourth-order valence-electron chi connectivity index (χ4n) is 1.58. The van der Waals surface area contributed by atoms with E-state index >= 15 is 0 Å². The number of Topliss-reactive ketones (excluding diaryl/α,β-unsaturated/α-hetero) is 3. The van der Waals surface area contributed by atoms with E-state index in [1.54, 1.807) is 0 Å². The summed E-state index contributed by atoms with van der Waals surface area (Å²) < 4.78 is 0. The molecule has 0 saturated carbocycles. The van der Waals surface area contributed by atoms with Crippen molar-refractivity contribution in [1.82, 2.24) is 0 Å². The summed E-state index contributed by atoms with van der Waals surface area (Å²) in [7, 11) is 1.00. The van der Waals surface area contributed by atoms with E-state index in [1.807, 2.05) is 20.8 Å². The molecule has 0 aliphatic rings. The van der Waals surface area contributed by atoms with Crippen molar-refractivity contribution in [2.24, 2.45) is 0 Å². The van der Waals surface area contributed by atoms with Gasteiger partial charge in [-0.05, 0) is 19.3 Å². The molecule has 0 rings (SSSR count). The van der Waals surface area contributed by atoms with Crippen molar-refractivity contribution in [1.29, 1.82) is 0 Å². The van der Waals surface area contributed by atoms with Crippen LogP contribution in [0.15, 0.2) is 0 Å². The second kappa shape index (κ2) is 29.3. The standard InChI is InChI=1S/3C6H10O3.CH4O.Ti/c3*1-2-3-5(7)4-6(8)9;1-2;/h3*2-4H2,1H3,(H,8,9);2H,1H3;/q;;;;+3/p-3. The van der Waals surface area contributed by atoms with Gasteiger partial charge in [-0.25, -0.2) is 0 Å². The van der Waals surface area contributed by atoms with E-state index in [0.29, 0.717) is 38.5 Å². The minimum atomic E-state index is -1.28. The number of carbonyl (C=O) groups is 6. The zero-order valence-corrected chi connectivity index (χ0v) is 19.5. The smallest absolute Gasteiger partial charge is 0.550 e. The largest absolute Gasteiger partial charge is 3.00 e. The molecule has 10 nitrogen and oxygen atoms in total. The third kappa shape index (κ3) is 45.1. The first kappa shape index (κ1) is 38.7. The molecule has 0 fully saturated rings. The molecule has 0 aromatic carbocycles. The Balaban J connectivity index is -0.0000000982. The van der Waals surface area contributed by atoms with Crippen LogP contribution in [0.5, 0.6) is 0 Å². The third-order valence-electron chi connectivity index (χ3n) is 2.61. The molecule has 1 radical (unpaired) electrons. The molecular formula is C19H31O10Ti. The molecule has 0 atom stereocenters. The van der Waals surface area contributed by atoms with E-state index in [1.165, 1.54) is 0 Å². The van der Waals surface area contributed by atoms with Crippen molar-refractivity contribution in [2.45, 2.75) is 78.6 Å². The average molecular weight is 467 g/mol. The van der Waals surface area contributed by atoms with Crippen LogP contribution in [0, 0.1) is 0 Å². The number of hydrogen-bond donors (Lipinski definition) is 1. The fourth-order valence-corrected chi connectivity index (χ4v) is 1.58. The zero-order valence-electron chi connectivity index (χ0n) is 18.0. The van der Waals surface area contributed by atoms with E-state index in [9.17, 15) is 44.1 Å². The molecule has 0 unspecified atom stereocenters. The van der Waals surface area contributed by atoms with E-state index < -0.39 is 37.2 Å². The monoisotopic (exact) mass is 467 g/mol. The van der Waals surface area contributed by atoms with Crippen LogP contribution >= 0.6 is 0 Å². The first-order valence-corrected chi connectivity index (χ1v) is 9.09. The molecule has 0 amide bonds. The van der Waals surface area contributed by atoms with Crippen molar-refractivity contribution in [3.8, 4) is 0 Å². The van der Waals surface area contributed by atoms with Crippen molar-refractivity contribution >= 4 is 35.3 Å². The summed E-state index contributed by atoms with van der Waals surface area (Å²) in [5, 5.41) is 36.3.